The third kappa shape index (κ3) is 2.86. The fraction of sp³-hybridized carbons (Fsp3) is 0.500. The molecule has 0 radical (unpaired) electrons. The summed E-state index contributed by atoms with van der Waals surface area (Å²) in [4.78, 5) is 8.65. The molecular formula is C16H21N3. The summed E-state index contributed by atoms with van der Waals surface area (Å²) in [5.74, 6) is 0. The van der Waals surface area contributed by atoms with Crippen molar-refractivity contribution in [2.45, 2.75) is 45.6 Å². The van der Waals surface area contributed by atoms with Crippen LogP contribution in [0.25, 0.3) is 11.0 Å². The van der Waals surface area contributed by atoms with Gasteiger partial charge in [-0.05, 0) is 49.3 Å². The molecule has 1 saturated carbocycles. The molecule has 0 unspecified atom stereocenters. The number of rotatable bonds is 2. The Bertz CT molecular complexity index is 567. The van der Waals surface area contributed by atoms with Crippen molar-refractivity contribution in [2.75, 3.05) is 5.32 Å². The highest BCUT2D eigenvalue weighted by Crippen LogP contribution is 2.36. The zero-order chi connectivity index (χ0) is 13.3. The van der Waals surface area contributed by atoms with E-state index in [1.807, 2.05) is 6.07 Å². The number of anilines is 1. The molecule has 0 bridgehead atoms. The average molecular weight is 255 g/mol. The van der Waals surface area contributed by atoms with Crippen LogP contribution < -0.4 is 5.32 Å². The Labute approximate surface area is 114 Å². The monoisotopic (exact) mass is 255 g/mol. The third-order valence-electron chi connectivity index (χ3n) is 4.18. The van der Waals surface area contributed by atoms with Crippen LogP contribution in [0, 0.1) is 5.41 Å². The molecule has 0 spiro atoms. The van der Waals surface area contributed by atoms with Gasteiger partial charge in [-0.2, -0.15) is 0 Å². The Kier molecular flexibility index (Phi) is 3.13. The van der Waals surface area contributed by atoms with Crippen molar-refractivity contribution in [3.05, 3.63) is 30.6 Å². The smallest absolute Gasteiger partial charge is 0.0907 e. The molecule has 19 heavy (non-hydrogen) atoms. The van der Waals surface area contributed by atoms with Gasteiger partial charge in [0.25, 0.3) is 0 Å². The number of fused-ring (bicyclic) bond motifs is 1. The van der Waals surface area contributed by atoms with Gasteiger partial charge < -0.3 is 5.32 Å². The predicted molar refractivity (Wildman–Crippen MR) is 79.2 cm³/mol. The summed E-state index contributed by atoms with van der Waals surface area (Å²) in [7, 11) is 0. The molecule has 1 aliphatic rings. The summed E-state index contributed by atoms with van der Waals surface area (Å²) in [5.41, 5.74) is 3.60. The Balaban J connectivity index is 1.72. The van der Waals surface area contributed by atoms with Crippen LogP contribution in [-0.4, -0.2) is 16.0 Å². The molecule has 0 aliphatic heterocycles. The van der Waals surface area contributed by atoms with Gasteiger partial charge in [0.2, 0.25) is 0 Å². The van der Waals surface area contributed by atoms with Crippen molar-refractivity contribution >= 4 is 16.7 Å². The van der Waals surface area contributed by atoms with Gasteiger partial charge in [-0.25, -0.2) is 0 Å². The maximum atomic E-state index is 4.36. The van der Waals surface area contributed by atoms with E-state index in [1.54, 1.807) is 12.4 Å². The van der Waals surface area contributed by atoms with Gasteiger partial charge in [0.15, 0.2) is 0 Å². The lowest BCUT2D eigenvalue weighted by Gasteiger charge is -2.35. The molecule has 3 heteroatoms. The summed E-state index contributed by atoms with van der Waals surface area (Å²) in [6, 6.07) is 6.85. The fourth-order valence-electron chi connectivity index (χ4n) is 2.83. The highest BCUT2D eigenvalue weighted by molar-refractivity contribution is 5.78. The quantitative estimate of drug-likeness (QED) is 0.881. The number of aromatic nitrogens is 2. The molecular weight excluding hydrogens is 234 g/mol. The van der Waals surface area contributed by atoms with E-state index in [-0.39, 0.29) is 0 Å². The number of hydrogen-bond acceptors (Lipinski definition) is 3. The van der Waals surface area contributed by atoms with Crippen LogP contribution in [0.4, 0.5) is 5.69 Å². The SMILES string of the molecule is CC1(C)CCC(Nc2ccc3nccnc3c2)CC1. The molecule has 0 saturated heterocycles. The van der Waals surface area contributed by atoms with Gasteiger partial charge in [-0.15, -0.1) is 0 Å². The zero-order valence-corrected chi connectivity index (χ0v) is 11.7. The Hall–Kier alpha value is -1.64. The largest absolute Gasteiger partial charge is 0.382 e. The summed E-state index contributed by atoms with van der Waals surface area (Å²) < 4.78 is 0. The van der Waals surface area contributed by atoms with E-state index in [4.69, 9.17) is 0 Å². The summed E-state index contributed by atoms with van der Waals surface area (Å²) >= 11 is 0. The topological polar surface area (TPSA) is 37.8 Å². The van der Waals surface area contributed by atoms with E-state index in [1.165, 1.54) is 25.7 Å². The van der Waals surface area contributed by atoms with E-state index in [9.17, 15) is 0 Å². The molecule has 1 aromatic heterocycles. The van der Waals surface area contributed by atoms with Crippen LogP contribution in [0.15, 0.2) is 30.6 Å². The minimum atomic E-state index is 0.521. The molecule has 2 aromatic rings. The maximum Gasteiger partial charge on any atom is 0.0907 e. The lowest BCUT2D eigenvalue weighted by molar-refractivity contribution is 0.232. The second kappa shape index (κ2) is 4.80. The second-order valence-electron chi connectivity index (χ2n) is 6.34. The lowest BCUT2D eigenvalue weighted by atomic mass is 9.75. The van der Waals surface area contributed by atoms with Crippen LogP contribution in [0.1, 0.15) is 39.5 Å². The fourth-order valence-corrected chi connectivity index (χ4v) is 2.83. The molecule has 3 nitrogen and oxygen atoms in total. The molecule has 1 fully saturated rings. The van der Waals surface area contributed by atoms with Gasteiger partial charge in [-0.3, -0.25) is 9.97 Å². The first-order chi connectivity index (χ1) is 9.12. The van der Waals surface area contributed by atoms with Crippen molar-refractivity contribution in [1.82, 2.24) is 9.97 Å². The van der Waals surface area contributed by atoms with Crippen molar-refractivity contribution in [3.63, 3.8) is 0 Å². The Morgan fingerprint density at radius 1 is 1.05 bits per heavy atom. The second-order valence-corrected chi connectivity index (χ2v) is 6.34. The highest BCUT2D eigenvalue weighted by atomic mass is 14.9. The molecule has 0 atom stereocenters. The van der Waals surface area contributed by atoms with Crippen molar-refractivity contribution in [2.24, 2.45) is 5.41 Å². The van der Waals surface area contributed by atoms with E-state index in [0.717, 1.165) is 16.7 Å². The predicted octanol–water partition coefficient (Wildman–Crippen LogP) is 4.01. The van der Waals surface area contributed by atoms with E-state index in [0.29, 0.717) is 11.5 Å². The Morgan fingerprint density at radius 3 is 2.47 bits per heavy atom. The lowest BCUT2D eigenvalue weighted by Crippen LogP contribution is -2.29. The zero-order valence-electron chi connectivity index (χ0n) is 11.7. The molecule has 1 aromatic carbocycles. The van der Waals surface area contributed by atoms with Crippen LogP contribution in [-0.2, 0) is 0 Å². The van der Waals surface area contributed by atoms with Crippen LogP contribution in [0.5, 0.6) is 0 Å². The normalized spacial score (nSPS) is 19.5. The minimum absolute atomic E-state index is 0.521. The average Bonchev–Trinajstić information content (AvgIpc) is 2.41. The number of benzene rings is 1. The van der Waals surface area contributed by atoms with Crippen molar-refractivity contribution in [3.8, 4) is 0 Å². The number of nitrogens with one attached hydrogen (secondary N) is 1. The third-order valence-corrected chi connectivity index (χ3v) is 4.18. The highest BCUT2D eigenvalue weighted by Gasteiger charge is 2.26. The molecule has 1 heterocycles. The van der Waals surface area contributed by atoms with Crippen LogP contribution in [0.2, 0.25) is 0 Å². The van der Waals surface area contributed by atoms with E-state index >= 15 is 0 Å². The van der Waals surface area contributed by atoms with E-state index < -0.39 is 0 Å². The van der Waals surface area contributed by atoms with Crippen LogP contribution in [0.3, 0.4) is 0 Å². The van der Waals surface area contributed by atoms with Crippen molar-refractivity contribution in [1.29, 1.82) is 0 Å². The number of nitrogens with zero attached hydrogens (tertiary/aromatic N) is 2. The Morgan fingerprint density at radius 2 is 1.74 bits per heavy atom. The molecule has 3 rings (SSSR count). The van der Waals surface area contributed by atoms with Crippen molar-refractivity contribution < 1.29 is 0 Å². The first-order valence-electron chi connectivity index (χ1n) is 7.10. The standard InChI is InChI=1S/C16H21N3/c1-16(2)7-5-12(6-8-16)19-13-3-4-14-15(11-13)18-10-9-17-14/h3-4,9-12,19H,5-8H2,1-2H3. The van der Waals surface area contributed by atoms with Gasteiger partial charge in [0.1, 0.15) is 0 Å². The molecule has 100 valence electrons. The van der Waals surface area contributed by atoms with E-state index in [2.05, 4.69) is 41.3 Å². The van der Waals surface area contributed by atoms with Gasteiger partial charge >= 0.3 is 0 Å². The minimum Gasteiger partial charge on any atom is -0.382 e. The molecule has 1 aliphatic carbocycles. The molecule has 0 amide bonds. The molecule has 1 N–H and O–H groups in total. The first kappa shape index (κ1) is 12.4. The first-order valence-corrected chi connectivity index (χ1v) is 7.10. The summed E-state index contributed by atoms with van der Waals surface area (Å²) in [5, 5.41) is 3.64. The van der Waals surface area contributed by atoms with Gasteiger partial charge in [-0.1, -0.05) is 13.8 Å². The summed E-state index contributed by atoms with van der Waals surface area (Å²) in [6.07, 6.45) is 8.60. The van der Waals surface area contributed by atoms with Gasteiger partial charge in [0.05, 0.1) is 11.0 Å². The van der Waals surface area contributed by atoms with Gasteiger partial charge in [0, 0.05) is 24.1 Å². The maximum absolute atomic E-state index is 4.36. The summed E-state index contributed by atoms with van der Waals surface area (Å²) in [6.45, 7) is 4.74. The van der Waals surface area contributed by atoms with Crippen LogP contribution >= 0.6 is 0 Å². The number of hydrogen-bond donors (Lipinski definition) is 1.